The largest absolute Gasteiger partial charge is 0.388 e. The van der Waals surface area contributed by atoms with Crippen LogP contribution in [0.15, 0.2) is 42.7 Å². The van der Waals surface area contributed by atoms with Crippen molar-refractivity contribution in [2.45, 2.75) is 19.4 Å². The molecule has 5 heteroatoms. The third-order valence-corrected chi connectivity index (χ3v) is 2.93. The molecular formula is C15H15FN2O2. The molecule has 2 rings (SSSR count). The normalized spacial score (nSPS) is 11.9. The van der Waals surface area contributed by atoms with Gasteiger partial charge in [-0.3, -0.25) is 9.78 Å². The minimum absolute atomic E-state index is 0.141. The molecule has 104 valence electrons. The number of aryl methyl sites for hydroxylation is 1. The molecule has 2 N–H and O–H groups in total. The van der Waals surface area contributed by atoms with E-state index >= 15 is 0 Å². The van der Waals surface area contributed by atoms with Gasteiger partial charge in [0.05, 0.1) is 24.4 Å². The number of aliphatic hydroxyl groups excluding tert-OH is 1. The molecule has 1 heterocycles. The molecule has 0 saturated heterocycles. The molecule has 20 heavy (non-hydrogen) atoms. The van der Waals surface area contributed by atoms with Gasteiger partial charge in [-0.05, 0) is 36.2 Å². The Hall–Kier alpha value is -2.27. The van der Waals surface area contributed by atoms with Crippen LogP contribution in [0.3, 0.4) is 0 Å². The summed E-state index contributed by atoms with van der Waals surface area (Å²) in [5.41, 5.74) is 1.86. The van der Waals surface area contributed by atoms with Crippen LogP contribution in [0.5, 0.6) is 0 Å². The van der Waals surface area contributed by atoms with Crippen molar-refractivity contribution in [2.75, 3.05) is 5.32 Å². The van der Waals surface area contributed by atoms with Gasteiger partial charge in [0.25, 0.3) is 0 Å². The molecule has 0 saturated carbocycles. The van der Waals surface area contributed by atoms with Gasteiger partial charge < -0.3 is 10.4 Å². The molecule has 1 aromatic carbocycles. The Morgan fingerprint density at radius 3 is 2.95 bits per heavy atom. The Bertz CT molecular complexity index is 616. The van der Waals surface area contributed by atoms with Gasteiger partial charge in [-0.25, -0.2) is 4.39 Å². The van der Waals surface area contributed by atoms with E-state index in [0.717, 1.165) is 5.56 Å². The lowest BCUT2D eigenvalue weighted by Crippen LogP contribution is -2.16. The molecule has 1 atom stereocenters. The predicted molar refractivity (Wildman–Crippen MR) is 73.6 cm³/mol. The van der Waals surface area contributed by atoms with Crippen LogP contribution in [0.25, 0.3) is 0 Å². The van der Waals surface area contributed by atoms with Crippen molar-refractivity contribution in [1.29, 1.82) is 0 Å². The molecule has 1 amide bonds. The van der Waals surface area contributed by atoms with E-state index in [-0.39, 0.29) is 12.3 Å². The third kappa shape index (κ3) is 3.61. The number of aromatic nitrogens is 1. The summed E-state index contributed by atoms with van der Waals surface area (Å²) >= 11 is 0. The summed E-state index contributed by atoms with van der Waals surface area (Å²) in [4.78, 5) is 15.8. The minimum Gasteiger partial charge on any atom is -0.388 e. The van der Waals surface area contributed by atoms with Gasteiger partial charge in [-0.15, -0.1) is 0 Å². The van der Waals surface area contributed by atoms with Crippen molar-refractivity contribution in [3.8, 4) is 0 Å². The second-order valence-electron chi connectivity index (χ2n) is 4.51. The first-order valence-electron chi connectivity index (χ1n) is 6.20. The smallest absolute Gasteiger partial charge is 0.227 e. The van der Waals surface area contributed by atoms with E-state index in [2.05, 4.69) is 10.3 Å². The Morgan fingerprint density at radius 1 is 1.45 bits per heavy atom. The Labute approximate surface area is 116 Å². The van der Waals surface area contributed by atoms with Crippen molar-refractivity contribution < 1.29 is 14.3 Å². The van der Waals surface area contributed by atoms with E-state index in [9.17, 15) is 14.3 Å². The number of carbonyl (C=O) groups excluding carboxylic acids is 1. The number of carbonyl (C=O) groups is 1. The molecule has 0 aliphatic heterocycles. The van der Waals surface area contributed by atoms with E-state index in [1.165, 1.54) is 18.2 Å². The molecule has 0 radical (unpaired) electrons. The van der Waals surface area contributed by atoms with Gasteiger partial charge in [0.1, 0.15) is 5.82 Å². The zero-order valence-corrected chi connectivity index (χ0v) is 11.0. The van der Waals surface area contributed by atoms with Gasteiger partial charge >= 0.3 is 0 Å². The van der Waals surface area contributed by atoms with E-state index in [1.54, 1.807) is 24.5 Å². The Balaban J connectivity index is 2.00. The summed E-state index contributed by atoms with van der Waals surface area (Å²) in [5, 5.41) is 12.6. The molecule has 0 spiro atoms. The van der Waals surface area contributed by atoms with Crippen molar-refractivity contribution in [2.24, 2.45) is 0 Å². The first-order valence-corrected chi connectivity index (χ1v) is 6.20. The van der Waals surface area contributed by atoms with Gasteiger partial charge in [-0.1, -0.05) is 12.1 Å². The van der Waals surface area contributed by atoms with Gasteiger partial charge in [0.15, 0.2) is 0 Å². The highest BCUT2D eigenvalue weighted by Crippen LogP contribution is 2.19. The van der Waals surface area contributed by atoms with E-state index in [4.69, 9.17) is 0 Å². The summed E-state index contributed by atoms with van der Waals surface area (Å²) in [6.45, 7) is 1.85. The molecule has 1 unspecified atom stereocenters. The molecule has 0 aliphatic carbocycles. The summed E-state index contributed by atoms with van der Waals surface area (Å²) in [6.07, 6.45) is 1.99. The summed E-state index contributed by atoms with van der Waals surface area (Å²) in [5.74, 6) is -0.789. The number of pyridine rings is 1. The van der Waals surface area contributed by atoms with Crippen LogP contribution in [0.2, 0.25) is 0 Å². The predicted octanol–water partition coefficient (Wildman–Crippen LogP) is 2.59. The third-order valence-electron chi connectivity index (χ3n) is 2.93. The molecule has 4 nitrogen and oxygen atoms in total. The molecule has 2 aromatic rings. The highest BCUT2D eigenvalue weighted by atomic mass is 19.1. The standard InChI is InChI=1S/C15H15FN2O2/c1-10-5-6-17-9-13(10)18-15(20)8-14(19)11-3-2-4-12(16)7-11/h2-7,9,14,19H,8H2,1H3,(H,18,20). The van der Waals surface area contributed by atoms with Crippen LogP contribution < -0.4 is 5.32 Å². The van der Waals surface area contributed by atoms with Gasteiger partial charge in [0.2, 0.25) is 5.91 Å². The summed E-state index contributed by atoms with van der Waals surface area (Å²) in [6, 6.07) is 7.36. The second-order valence-corrected chi connectivity index (χ2v) is 4.51. The fourth-order valence-corrected chi connectivity index (χ4v) is 1.80. The van der Waals surface area contributed by atoms with Crippen LogP contribution in [-0.4, -0.2) is 16.0 Å². The summed E-state index contributed by atoms with van der Waals surface area (Å²) in [7, 11) is 0. The van der Waals surface area contributed by atoms with E-state index in [1.807, 2.05) is 6.92 Å². The zero-order chi connectivity index (χ0) is 14.5. The molecule has 0 aliphatic rings. The average Bonchev–Trinajstić information content (AvgIpc) is 2.41. The van der Waals surface area contributed by atoms with Gasteiger partial charge in [-0.2, -0.15) is 0 Å². The number of aliphatic hydroxyl groups is 1. The van der Waals surface area contributed by atoms with Gasteiger partial charge in [0, 0.05) is 6.20 Å². The minimum atomic E-state index is -1.04. The Kier molecular flexibility index (Phi) is 4.42. The highest BCUT2D eigenvalue weighted by molar-refractivity contribution is 5.91. The first-order chi connectivity index (χ1) is 9.56. The number of hydrogen-bond acceptors (Lipinski definition) is 3. The highest BCUT2D eigenvalue weighted by Gasteiger charge is 2.14. The average molecular weight is 274 g/mol. The molecular weight excluding hydrogens is 259 g/mol. The molecule has 0 fully saturated rings. The van der Waals surface area contributed by atoms with Crippen LogP contribution >= 0.6 is 0 Å². The van der Waals surface area contributed by atoms with Crippen LogP contribution in [0.1, 0.15) is 23.7 Å². The van der Waals surface area contributed by atoms with Crippen LogP contribution in [-0.2, 0) is 4.79 Å². The first kappa shape index (κ1) is 14.1. The summed E-state index contributed by atoms with van der Waals surface area (Å²) < 4.78 is 13.0. The van der Waals surface area contributed by atoms with E-state index in [0.29, 0.717) is 11.3 Å². The van der Waals surface area contributed by atoms with E-state index < -0.39 is 11.9 Å². The SMILES string of the molecule is Cc1ccncc1NC(=O)CC(O)c1cccc(F)c1. The Morgan fingerprint density at radius 2 is 2.25 bits per heavy atom. The number of nitrogens with zero attached hydrogens (tertiary/aromatic N) is 1. The molecule has 0 bridgehead atoms. The quantitative estimate of drug-likeness (QED) is 0.900. The maximum Gasteiger partial charge on any atom is 0.227 e. The number of hydrogen-bond donors (Lipinski definition) is 2. The number of nitrogens with one attached hydrogen (secondary N) is 1. The van der Waals surface area contributed by atoms with Crippen molar-refractivity contribution in [3.05, 3.63) is 59.7 Å². The fraction of sp³-hybridized carbons (Fsp3) is 0.200. The van der Waals surface area contributed by atoms with Crippen LogP contribution in [0, 0.1) is 12.7 Å². The number of amides is 1. The molecule has 1 aromatic heterocycles. The fourth-order valence-electron chi connectivity index (χ4n) is 1.80. The lowest BCUT2D eigenvalue weighted by molar-refractivity contribution is -0.118. The van der Waals surface area contributed by atoms with Crippen LogP contribution in [0.4, 0.5) is 10.1 Å². The monoisotopic (exact) mass is 274 g/mol. The maximum atomic E-state index is 13.0. The van der Waals surface area contributed by atoms with Crippen molar-refractivity contribution in [1.82, 2.24) is 4.98 Å². The van der Waals surface area contributed by atoms with Crippen molar-refractivity contribution >= 4 is 11.6 Å². The number of halogens is 1. The lowest BCUT2D eigenvalue weighted by atomic mass is 10.1. The number of anilines is 1. The topological polar surface area (TPSA) is 62.2 Å². The zero-order valence-electron chi connectivity index (χ0n) is 11.0. The van der Waals surface area contributed by atoms with Crippen molar-refractivity contribution in [3.63, 3.8) is 0 Å². The lowest BCUT2D eigenvalue weighted by Gasteiger charge is -2.12. The number of rotatable bonds is 4. The maximum absolute atomic E-state index is 13.0. The number of benzene rings is 1. The second kappa shape index (κ2) is 6.25.